The molecular weight excluding hydrogens is 378 g/mol. The molecule has 6 nitrogen and oxygen atoms in total. The quantitative estimate of drug-likeness (QED) is 0.474. The lowest BCUT2D eigenvalue weighted by molar-refractivity contribution is 0.0954. The Balaban J connectivity index is 1.61. The topological polar surface area (TPSA) is 79.8 Å². The Hall–Kier alpha value is -3.93. The van der Waals surface area contributed by atoms with E-state index in [0.717, 1.165) is 16.9 Å². The predicted octanol–water partition coefficient (Wildman–Crippen LogP) is 4.41. The highest BCUT2D eigenvalue weighted by atomic mass is 16.5. The van der Waals surface area contributed by atoms with Crippen molar-refractivity contribution in [1.29, 1.82) is 0 Å². The molecule has 3 aromatic rings. The van der Waals surface area contributed by atoms with E-state index in [2.05, 4.69) is 15.8 Å². The first-order chi connectivity index (χ1) is 14.5. The molecule has 0 saturated carbocycles. The fraction of sp³-hybridized carbons (Fsp3) is 0.125. The number of carbonyl (C=O) groups is 2. The minimum absolute atomic E-state index is 0.190. The third kappa shape index (κ3) is 5.11. The van der Waals surface area contributed by atoms with Crippen LogP contribution >= 0.6 is 0 Å². The van der Waals surface area contributed by atoms with Gasteiger partial charge in [0.1, 0.15) is 5.75 Å². The first-order valence-electron chi connectivity index (χ1n) is 9.44. The molecule has 0 fully saturated rings. The van der Waals surface area contributed by atoms with Crippen molar-refractivity contribution in [3.05, 3.63) is 95.1 Å². The number of carbonyl (C=O) groups excluding carboxylic acids is 2. The molecule has 0 aromatic heterocycles. The fourth-order valence-electron chi connectivity index (χ4n) is 2.83. The van der Waals surface area contributed by atoms with Gasteiger partial charge < -0.3 is 10.1 Å². The van der Waals surface area contributed by atoms with Crippen molar-refractivity contribution in [2.45, 2.75) is 13.8 Å². The smallest absolute Gasteiger partial charge is 0.271 e. The number of rotatable bonds is 6. The number of hydrogen-bond donors (Lipinski definition) is 2. The molecule has 0 saturated heterocycles. The van der Waals surface area contributed by atoms with Crippen LogP contribution in [-0.2, 0) is 0 Å². The molecule has 152 valence electrons. The molecule has 0 aliphatic carbocycles. The van der Waals surface area contributed by atoms with Gasteiger partial charge >= 0.3 is 0 Å². The van der Waals surface area contributed by atoms with Gasteiger partial charge in [-0.25, -0.2) is 5.43 Å². The summed E-state index contributed by atoms with van der Waals surface area (Å²) < 4.78 is 5.13. The maximum atomic E-state index is 12.4. The molecule has 0 radical (unpaired) electrons. The minimum atomic E-state index is -0.334. The van der Waals surface area contributed by atoms with Crippen molar-refractivity contribution in [3.8, 4) is 5.75 Å². The Bertz CT molecular complexity index is 1070. The van der Waals surface area contributed by atoms with Crippen LogP contribution in [0.15, 0.2) is 77.9 Å². The van der Waals surface area contributed by atoms with Gasteiger partial charge in [0.05, 0.1) is 12.8 Å². The van der Waals surface area contributed by atoms with Crippen LogP contribution in [0.25, 0.3) is 0 Å². The van der Waals surface area contributed by atoms with Crippen LogP contribution in [-0.4, -0.2) is 24.6 Å². The van der Waals surface area contributed by atoms with Gasteiger partial charge in [-0.05, 0) is 79.6 Å². The van der Waals surface area contributed by atoms with E-state index in [0.29, 0.717) is 22.5 Å². The highest BCUT2D eigenvalue weighted by molar-refractivity contribution is 6.05. The zero-order chi connectivity index (χ0) is 21.5. The molecule has 0 aliphatic heterocycles. The van der Waals surface area contributed by atoms with E-state index in [-0.39, 0.29) is 11.8 Å². The molecule has 3 rings (SSSR count). The van der Waals surface area contributed by atoms with Crippen LogP contribution in [0.5, 0.6) is 5.75 Å². The normalized spacial score (nSPS) is 11.0. The first kappa shape index (κ1) is 20.8. The Kier molecular flexibility index (Phi) is 6.60. The molecule has 3 aromatic carbocycles. The average molecular weight is 401 g/mol. The maximum Gasteiger partial charge on any atom is 0.271 e. The number of methoxy groups -OCH3 is 1. The lowest BCUT2D eigenvalue weighted by Gasteiger charge is -2.08. The van der Waals surface area contributed by atoms with Crippen LogP contribution in [0.1, 0.15) is 38.8 Å². The van der Waals surface area contributed by atoms with Crippen molar-refractivity contribution < 1.29 is 14.3 Å². The van der Waals surface area contributed by atoms with Crippen LogP contribution < -0.4 is 15.5 Å². The highest BCUT2D eigenvalue weighted by Crippen LogP contribution is 2.14. The van der Waals surface area contributed by atoms with E-state index in [1.807, 2.05) is 56.3 Å². The number of nitrogens with one attached hydrogen (secondary N) is 2. The third-order valence-corrected chi connectivity index (χ3v) is 4.63. The van der Waals surface area contributed by atoms with E-state index in [4.69, 9.17) is 4.74 Å². The molecule has 0 aliphatic rings. The SMILES string of the molecule is COc1ccc(C(C)=NNC(=O)c2ccc(NC(=O)c3ccccc3C)cc2)cc1. The second-order valence-electron chi connectivity index (χ2n) is 6.71. The Labute approximate surface area is 175 Å². The van der Waals surface area contributed by atoms with Gasteiger partial charge in [-0.2, -0.15) is 5.10 Å². The summed E-state index contributed by atoms with van der Waals surface area (Å²) in [6.07, 6.45) is 0. The summed E-state index contributed by atoms with van der Waals surface area (Å²) in [5.41, 5.74) is 6.67. The summed E-state index contributed by atoms with van der Waals surface area (Å²) in [5, 5.41) is 6.99. The highest BCUT2D eigenvalue weighted by Gasteiger charge is 2.10. The van der Waals surface area contributed by atoms with Gasteiger partial charge in [0, 0.05) is 16.8 Å². The monoisotopic (exact) mass is 401 g/mol. The molecule has 0 spiro atoms. The van der Waals surface area contributed by atoms with Crippen LogP contribution in [0.3, 0.4) is 0 Å². The average Bonchev–Trinajstić information content (AvgIpc) is 2.78. The number of hydrazone groups is 1. The zero-order valence-corrected chi connectivity index (χ0v) is 17.1. The van der Waals surface area contributed by atoms with Crippen molar-refractivity contribution >= 4 is 23.2 Å². The summed E-state index contributed by atoms with van der Waals surface area (Å²) in [7, 11) is 1.61. The number of ether oxygens (including phenoxy) is 1. The van der Waals surface area contributed by atoms with E-state index in [9.17, 15) is 9.59 Å². The summed E-state index contributed by atoms with van der Waals surface area (Å²) in [6, 6.07) is 21.4. The van der Waals surface area contributed by atoms with Crippen molar-refractivity contribution in [3.63, 3.8) is 0 Å². The molecule has 0 heterocycles. The summed E-state index contributed by atoms with van der Waals surface area (Å²) in [4.78, 5) is 24.7. The van der Waals surface area contributed by atoms with E-state index < -0.39 is 0 Å². The third-order valence-electron chi connectivity index (χ3n) is 4.63. The van der Waals surface area contributed by atoms with Gasteiger partial charge in [-0.1, -0.05) is 18.2 Å². The Morgan fingerprint density at radius 3 is 2.10 bits per heavy atom. The predicted molar refractivity (Wildman–Crippen MR) is 118 cm³/mol. The molecule has 0 unspecified atom stereocenters. The van der Waals surface area contributed by atoms with Gasteiger partial charge in [-0.3, -0.25) is 9.59 Å². The second kappa shape index (κ2) is 9.52. The number of hydrogen-bond acceptors (Lipinski definition) is 4. The molecule has 6 heteroatoms. The van der Waals surface area contributed by atoms with Crippen molar-refractivity contribution in [2.24, 2.45) is 5.10 Å². The van der Waals surface area contributed by atoms with Gasteiger partial charge in [-0.15, -0.1) is 0 Å². The number of nitrogens with zero attached hydrogens (tertiary/aromatic N) is 1. The van der Waals surface area contributed by atoms with Gasteiger partial charge in [0.2, 0.25) is 0 Å². The minimum Gasteiger partial charge on any atom is -0.497 e. The molecular formula is C24H23N3O3. The summed E-state index contributed by atoms with van der Waals surface area (Å²) in [5.74, 6) is 0.231. The number of aryl methyl sites for hydroxylation is 1. The molecule has 30 heavy (non-hydrogen) atoms. The Morgan fingerprint density at radius 2 is 1.47 bits per heavy atom. The van der Waals surface area contributed by atoms with Gasteiger partial charge in [0.15, 0.2) is 0 Å². The first-order valence-corrected chi connectivity index (χ1v) is 9.44. The summed E-state index contributed by atoms with van der Waals surface area (Å²) >= 11 is 0. The van der Waals surface area contributed by atoms with E-state index >= 15 is 0 Å². The molecule has 0 bridgehead atoms. The van der Waals surface area contributed by atoms with Crippen LogP contribution in [0.2, 0.25) is 0 Å². The zero-order valence-electron chi connectivity index (χ0n) is 17.1. The lowest BCUT2D eigenvalue weighted by Crippen LogP contribution is -2.19. The molecule has 0 atom stereocenters. The number of benzene rings is 3. The van der Waals surface area contributed by atoms with Crippen LogP contribution in [0.4, 0.5) is 5.69 Å². The fourth-order valence-corrected chi connectivity index (χ4v) is 2.83. The standard InChI is InChI=1S/C24H23N3O3/c1-16-6-4-5-7-22(16)24(29)25-20-12-8-19(9-13-20)23(28)27-26-17(2)18-10-14-21(30-3)15-11-18/h4-15H,1-3H3,(H,25,29)(H,27,28). The Morgan fingerprint density at radius 1 is 0.833 bits per heavy atom. The van der Waals surface area contributed by atoms with E-state index in [1.54, 1.807) is 37.4 Å². The number of amides is 2. The number of anilines is 1. The molecule has 2 N–H and O–H groups in total. The molecule has 2 amide bonds. The lowest BCUT2D eigenvalue weighted by atomic mass is 10.1. The maximum absolute atomic E-state index is 12.4. The van der Waals surface area contributed by atoms with Crippen molar-refractivity contribution in [1.82, 2.24) is 5.43 Å². The largest absolute Gasteiger partial charge is 0.497 e. The second-order valence-corrected chi connectivity index (χ2v) is 6.71. The summed E-state index contributed by atoms with van der Waals surface area (Å²) in [6.45, 7) is 3.70. The van der Waals surface area contributed by atoms with Gasteiger partial charge in [0.25, 0.3) is 11.8 Å². The van der Waals surface area contributed by atoms with Crippen molar-refractivity contribution in [2.75, 3.05) is 12.4 Å². The van der Waals surface area contributed by atoms with E-state index in [1.165, 1.54) is 0 Å². The van der Waals surface area contributed by atoms with Crippen LogP contribution in [0, 0.1) is 6.92 Å².